The van der Waals surface area contributed by atoms with Crippen molar-refractivity contribution in [3.05, 3.63) is 53.1 Å². The summed E-state index contributed by atoms with van der Waals surface area (Å²) < 4.78 is 27.9. The zero-order valence-corrected chi connectivity index (χ0v) is 15.3. The third-order valence-electron chi connectivity index (χ3n) is 3.19. The molecule has 0 aromatic heterocycles. The minimum Gasteiger partial charge on any atom is -0.307 e. The third kappa shape index (κ3) is 4.25. The second kappa shape index (κ2) is 6.95. The maximum absolute atomic E-state index is 12.2. The summed E-state index contributed by atoms with van der Waals surface area (Å²) in [6.45, 7) is 1.94. The van der Waals surface area contributed by atoms with Crippen LogP contribution in [0, 0.1) is 6.92 Å². The average molecular weight is 397 g/mol. The van der Waals surface area contributed by atoms with Crippen molar-refractivity contribution >= 4 is 50.3 Å². The predicted molar refractivity (Wildman–Crippen MR) is 98.4 cm³/mol. The van der Waals surface area contributed by atoms with Crippen molar-refractivity contribution in [3.63, 3.8) is 0 Å². The summed E-state index contributed by atoms with van der Waals surface area (Å²) in [4.78, 5) is 12.4. The molecule has 0 saturated heterocycles. The van der Waals surface area contributed by atoms with Gasteiger partial charge in [-0.05, 0) is 49.0 Å². The average Bonchev–Trinajstić information content (AvgIpc) is 2.54. The Labute approximate surface area is 153 Å². The van der Waals surface area contributed by atoms with Gasteiger partial charge in [-0.25, -0.2) is 10.2 Å². The highest BCUT2D eigenvalue weighted by atomic mass is 35.5. The van der Waals surface area contributed by atoms with Gasteiger partial charge < -0.3 is 5.32 Å². The summed E-state index contributed by atoms with van der Waals surface area (Å²) in [5.74, 6) is 0. The molecule has 7 nitrogen and oxygen atoms in total. The highest BCUT2D eigenvalue weighted by Crippen LogP contribution is 2.34. The van der Waals surface area contributed by atoms with Crippen LogP contribution in [0.1, 0.15) is 5.56 Å². The van der Waals surface area contributed by atoms with Gasteiger partial charge in [-0.15, -0.1) is 4.40 Å². The molecule has 0 bridgehead atoms. The van der Waals surface area contributed by atoms with Crippen LogP contribution in [0.15, 0.2) is 56.7 Å². The summed E-state index contributed by atoms with van der Waals surface area (Å²) in [6, 6.07) is 11.1. The second-order valence-corrected chi connectivity index (χ2v) is 8.17. The zero-order valence-electron chi connectivity index (χ0n) is 12.9. The lowest BCUT2D eigenvalue weighted by atomic mass is 10.2. The number of nitrogens with zero attached hydrogens (tertiary/aromatic N) is 1. The van der Waals surface area contributed by atoms with E-state index in [0.29, 0.717) is 15.6 Å². The Morgan fingerprint density at radius 3 is 2.60 bits per heavy atom. The van der Waals surface area contributed by atoms with Gasteiger partial charge in [0.15, 0.2) is 5.17 Å². The molecule has 0 aliphatic carbocycles. The first-order valence-corrected chi connectivity index (χ1v) is 9.69. The van der Waals surface area contributed by atoms with E-state index >= 15 is 0 Å². The highest BCUT2D eigenvalue weighted by Gasteiger charge is 2.26. The molecule has 0 unspecified atom stereocenters. The lowest BCUT2D eigenvalue weighted by Crippen LogP contribution is -2.43. The molecule has 0 atom stereocenters. The van der Waals surface area contributed by atoms with Crippen LogP contribution < -0.4 is 16.2 Å². The van der Waals surface area contributed by atoms with E-state index in [1.807, 2.05) is 19.1 Å². The van der Waals surface area contributed by atoms with Crippen LogP contribution in [-0.4, -0.2) is 19.6 Å². The molecule has 2 aromatic rings. The number of thioether (sulfide) groups is 1. The molecule has 3 rings (SSSR count). The van der Waals surface area contributed by atoms with E-state index in [0.717, 1.165) is 17.3 Å². The Balaban J connectivity index is 1.66. The van der Waals surface area contributed by atoms with E-state index in [1.54, 1.807) is 12.1 Å². The van der Waals surface area contributed by atoms with E-state index < -0.39 is 16.1 Å². The monoisotopic (exact) mass is 396 g/mol. The van der Waals surface area contributed by atoms with Crippen LogP contribution >= 0.6 is 23.4 Å². The van der Waals surface area contributed by atoms with Crippen molar-refractivity contribution < 1.29 is 13.2 Å². The number of fused-ring (bicyclic) bond motifs is 1. The van der Waals surface area contributed by atoms with E-state index in [-0.39, 0.29) is 10.1 Å². The zero-order chi connectivity index (χ0) is 18.0. The number of anilines is 1. The lowest BCUT2D eigenvalue weighted by molar-refractivity contribution is 0.250. The predicted octanol–water partition coefficient (Wildman–Crippen LogP) is 3.13. The van der Waals surface area contributed by atoms with Gasteiger partial charge in [0.2, 0.25) is 0 Å². The number of hydrogen-bond acceptors (Lipinski definition) is 5. The van der Waals surface area contributed by atoms with Gasteiger partial charge in [-0.3, -0.25) is 5.43 Å². The molecule has 3 N–H and O–H groups in total. The van der Waals surface area contributed by atoms with Gasteiger partial charge in [0, 0.05) is 15.6 Å². The highest BCUT2D eigenvalue weighted by molar-refractivity contribution is 8.15. The number of hydrazine groups is 1. The van der Waals surface area contributed by atoms with Gasteiger partial charge in [0.25, 0.3) is 10.0 Å². The number of hydrogen-bond donors (Lipinski definition) is 3. The molecule has 1 heterocycles. The Morgan fingerprint density at radius 2 is 1.88 bits per heavy atom. The third-order valence-corrected chi connectivity index (χ3v) is 5.94. The lowest BCUT2D eigenvalue weighted by Gasteiger charge is -2.17. The minimum absolute atomic E-state index is 0.0221. The first kappa shape index (κ1) is 17.6. The van der Waals surface area contributed by atoms with Crippen LogP contribution in [-0.2, 0) is 10.0 Å². The van der Waals surface area contributed by atoms with Gasteiger partial charge in [-0.1, -0.05) is 29.3 Å². The number of carbonyl (C=O) groups excluding carboxylic acids is 1. The van der Waals surface area contributed by atoms with Gasteiger partial charge in [0.05, 0.1) is 0 Å². The van der Waals surface area contributed by atoms with Crippen molar-refractivity contribution in [2.75, 3.05) is 5.32 Å². The normalized spacial score (nSPS) is 14.9. The van der Waals surface area contributed by atoms with Gasteiger partial charge >= 0.3 is 6.03 Å². The second-order valence-electron chi connectivity index (χ2n) is 5.13. The minimum atomic E-state index is -3.85. The maximum atomic E-state index is 12.2. The summed E-state index contributed by atoms with van der Waals surface area (Å²) in [5.41, 5.74) is 6.52. The molecule has 0 saturated carbocycles. The first-order valence-electron chi connectivity index (χ1n) is 7.05. The number of carbonyl (C=O) groups is 1. The van der Waals surface area contributed by atoms with Gasteiger partial charge in [-0.2, -0.15) is 8.42 Å². The van der Waals surface area contributed by atoms with Crippen molar-refractivity contribution in [3.8, 4) is 0 Å². The molecule has 1 aliphatic heterocycles. The molecule has 0 spiro atoms. The Morgan fingerprint density at radius 1 is 1.16 bits per heavy atom. The van der Waals surface area contributed by atoms with Crippen molar-refractivity contribution in [2.24, 2.45) is 4.40 Å². The molecule has 25 heavy (non-hydrogen) atoms. The van der Waals surface area contributed by atoms with Crippen LogP contribution in [0.2, 0.25) is 5.02 Å². The quantitative estimate of drug-likeness (QED) is 0.643. The van der Waals surface area contributed by atoms with E-state index in [1.165, 1.54) is 18.2 Å². The van der Waals surface area contributed by atoms with Gasteiger partial charge in [0.1, 0.15) is 4.90 Å². The first-order chi connectivity index (χ1) is 11.8. The van der Waals surface area contributed by atoms with Crippen LogP contribution in [0.3, 0.4) is 0 Å². The largest absolute Gasteiger partial charge is 0.337 e. The van der Waals surface area contributed by atoms with Crippen molar-refractivity contribution in [2.45, 2.75) is 16.7 Å². The number of sulfonamides is 1. The smallest absolute Gasteiger partial charge is 0.307 e. The molecule has 130 valence electrons. The number of urea groups is 1. The number of halogens is 1. The molecule has 2 aromatic carbocycles. The topological polar surface area (TPSA) is 99.7 Å². The molecule has 0 fully saturated rings. The Kier molecular flexibility index (Phi) is 4.89. The number of nitrogens with one attached hydrogen (secondary N) is 3. The summed E-state index contributed by atoms with van der Waals surface area (Å²) in [6.07, 6.45) is 0. The van der Waals surface area contributed by atoms with Crippen LogP contribution in [0.4, 0.5) is 10.5 Å². The van der Waals surface area contributed by atoms with Crippen molar-refractivity contribution in [1.29, 1.82) is 0 Å². The summed E-state index contributed by atoms with van der Waals surface area (Å²) in [7, 11) is -3.85. The molecule has 1 aliphatic rings. The van der Waals surface area contributed by atoms with Crippen LogP contribution in [0.5, 0.6) is 0 Å². The number of aryl methyl sites for hydroxylation is 1. The SMILES string of the molecule is Cc1ccc(NC(=O)NNC2=NS(=O)(=O)c3ccc(Cl)cc3S2)cc1. The van der Waals surface area contributed by atoms with E-state index in [9.17, 15) is 13.2 Å². The van der Waals surface area contributed by atoms with Crippen molar-refractivity contribution in [1.82, 2.24) is 10.9 Å². The molecular formula is C15H13ClN4O3S2. The number of rotatable bonds is 1. The van der Waals surface area contributed by atoms with E-state index in [4.69, 9.17) is 11.6 Å². The molecular weight excluding hydrogens is 384 g/mol. The molecule has 2 amide bonds. The Bertz CT molecular complexity index is 959. The molecule has 10 heteroatoms. The fourth-order valence-electron chi connectivity index (χ4n) is 2.01. The fraction of sp³-hybridized carbons (Fsp3) is 0.0667. The summed E-state index contributed by atoms with van der Waals surface area (Å²) >= 11 is 6.95. The standard InChI is InChI=1S/C15H13ClN4O3S2/c1-9-2-5-11(6-3-9)17-14(21)18-19-15-20-25(22,23)13-7-4-10(16)8-12(13)24-15/h2-8H,1H3,(H,19,20)(H2,17,18,21). The maximum Gasteiger partial charge on any atom is 0.337 e. The van der Waals surface area contributed by atoms with Crippen LogP contribution in [0.25, 0.3) is 0 Å². The summed E-state index contributed by atoms with van der Waals surface area (Å²) in [5, 5.41) is 3.04. The number of amidine groups is 1. The van der Waals surface area contributed by atoms with E-state index in [2.05, 4.69) is 20.6 Å². The Hall–Kier alpha value is -2.23. The number of benzene rings is 2. The fourth-order valence-corrected chi connectivity index (χ4v) is 4.72. The number of amides is 2. The molecule has 0 radical (unpaired) electrons.